The third-order valence-electron chi connectivity index (χ3n) is 4.40. The van der Waals surface area contributed by atoms with Gasteiger partial charge in [0.25, 0.3) is 0 Å². The number of pyridine rings is 1. The van der Waals surface area contributed by atoms with Crippen LogP contribution < -0.4 is 10.6 Å². The van der Waals surface area contributed by atoms with Gasteiger partial charge in [0, 0.05) is 23.7 Å². The number of aromatic nitrogens is 3. The van der Waals surface area contributed by atoms with E-state index in [1.807, 2.05) is 43.3 Å². The molecule has 0 radical (unpaired) electrons. The highest BCUT2D eigenvalue weighted by molar-refractivity contribution is 7.17. The van der Waals surface area contributed by atoms with E-state index in [9.17, 15) is 4.79 Å². The molecule has 7 heteroatoms. The lowest BCUT2D eigenvalue weighted by atomic mass is 10.1. The Labute approximate surface area is 173 Å². The molecule has 1 aromatic carbocycles. The minimum absolute atomic E-state index is 0.0607. The van der Waals surface area contributed by atoms with Crippen LogP contribution in [0.15, 0.2) is 60.1 Å². The van der Waals surface area contributed by atoms with Crippen molar-refractivity contribution in [2.75, 3.05) is 18.4 Å². The molecule has 0 unspecified atom stereocenters. The molecule has 2 N–H and O–H groups in total. The summed E-state index contributed by atoms with van der Waals surface area (Å²) in [6.07, 6.45) is 2.62. The van der Waals surface area contributed by atoms with Crippen molar-refractivity contribution >= 4 is 33.3 Å². The fourth-order valence-corrected chi connectivity index (χ4v) is 3.95. The van der Waals surface area contributed by atoms with Crippen molar-refractivity contribution in [3.8, 4) is 22.6 Å². The topological polar surface area (TPSA) is 79.8 Å². The lowest BCUT2D eigenvalue weighted by molar-refractivity contribution is -0.119. The van der Waals surface area contributed by atoms with E-state index in [2.05, 4.69) is 33.1 Å². The molecule has 0 bridgehead atoms. The van der Waals surface area contributed by atoms with Gasteiger partial charge in [-0.15, -0.1) is 11.3 Å². The van der Waals surface area contributed by atoms with Crippen LogP contribution in [0.5, 0.6) is 0 Å². The Kier molecular flexibility index (Phi) is 5.76. The number of carbonyl (C=O) groups excluding carboxylic acids is 1. The Morgan fingerprint density at radius 2 is 1.90 bits per heavy atom. The predicted octanol–water partition coefficient (Wildman–Crippen LogP) is 4.36. The zero-order valence-corrected chi connectivity index (χ0v) is 16.9. The van der Waals surface area contributed by atoms with E-state index in [1.165, 1.54) is 0 Å². The van der Waals surface area contributed by atoms with Gasteiger partial charge in [-0.3, -0.25) is 9.78 Å². The van der Waals surface area contributed by atoms with Crippen LogP contribution >= 0.6 is 11.3 Å². The molecule has 0 fully saturated rings. The van der Waals surface area contributed by atoms with Crippen LogP contribution in [0.2, 0.25) is 0 Å². The Morgan fingerprint density at radius 1 is 1.07 bits per heavy atom. The first kappa shape index (κ1) is 19.0. The number of hydrogen-bond donors (Lipinski definition) is 2. The van der Waals surface area contributed by atoms with Gasteiger partial charge in [0.1, 0.15) is 16.3 Å². The minimum atomic E-state index is -0.0607. The van der Waals surface area contributed by atoms with E-state index in [0.717, 1.165) is 27.8 Å². The Bertz CT molecular complexity index is 1110. The van der Waals surface area contributed by atoms with Gasteiger partial charge < -0.3 is 10.6 Å². The van der Waals surface area contributed by atoms with Crippen LogP contribution in [0.1, 0.15) is 13.3 Å². The van der Waals surface area contributed by atoms with Crippen molar-refractivity contribution in [3.05, 3.63) is 60.1 Å². The van der Waals surface area contributed by atoms with Crippen molar-refractivity contribution in [1.82, 2.24) is 20.3 Å². The number of nitrogens with zero attached hydrogens (tertiary/aromatic N) is 3. The van der Waals surface area contributed by atoms with Crippen LogP contribution in [-0.4, -0.2) is 33.9 Å². The van der Waals surface area contributed by atoms with Gasteiger partial charge in [0.15, 0.2) is 5.82 Å². The second-order valence-electron chi connectivity index (χ2n) is 6.51. The first-order valence-electron chi connectivity index (χ1n) is 9.53. The summed E-state index contributed by atoms with van der Waals surface area (Å²) in [6.45, 7) is 2.84. The molecule has 0 aliphatic heterocycles. The van der Waals surface area contributed by atoms with Gasteiger partial charge in [-0.1, -0.05) is 43.3 Å². The Morgan fingerprint density at radius 3 is 2.66 bits per heavy atom. The largest absolute Gasteiger partial charge is 0.360 e. The number of carbonyl (C=O) groups is 1. The molecule has 3 aromatic heterocycles. The van der Waals surface area contributed by atoms with E-state index in [1.54, 1.807) is 17.5 Å². The monoisotopic (exact) mass is 403 g/mol. The molecule has 0 aliphatic carbocycles. The molecule has 4 rings (SSSR count). The lowest BCUT2D eigenvalue weighted by Crippen LogP contribution is -2.30. The van der Waals surface area contributed by atoms with Gasteiger partial charge in [-0.2, -0.15) is 0 Å². The van der Waals surface area contributed by atoms with E-state index >= 15 is 0 Å². The molecule has 6 nitrogen and oxygen atoms in total. The number of rotatable bonds is 7. The molecule has 0 saturated heterocycles. The molecule has 0 saturated carbocycles. The summed E-state index contributed by atoms with van der Waals surface area (Å²) in [7, 11) is 0. The molecule has 3 heterocycles. The number of amides is 1. The standard InChI is InChI=1S/C22H21N5OS/c1-2-11-24-18(28)13-25-21-19-16(15-8-4-3-5-9-15)14-29-22(19)27-20(26-21)17-10-6-7-12-23-17/h3-10,12,14H,2,11,13H2,1H3,(H,24,28)(H,25,26,27). The fraction of sp³-hybridized carbons (Fsp3) is 0.182. The van der Waals surface area contributed by atoms with Gasteiger partial charge >= 0.3 is 0 Å². The molecule has 0 atom stereocenters. The van der Waals surface area contributed by atoms with E-state index in [-0.39, 0.29) is 12.5 Å². The van der Waals surface area contributed by atoms with E-state index in [0.29, 0.717) is 23.9 Å². The summed E-state index contributed by atoms with van der Waals surface area (Å²) in [6, 6.07) is 15.8. The average Bonchev–Trinajstić information content (AvgIpc) is 3.21. The summed E-state index contributed by atoms with van der Waals surface area (Å²) < 4.78 is 0. The van der Waals surface area contributed by atoms with Crippen LogP contribution in [0, 0.1) is 0 Å². The zero-order chi connectivity index (χ0) is 20.1. The lowest BCUT2D eigenvalue weighted by Gasteiger charge is -2.11. The molecule has 0 aliphatic rings. The van der Waals surface area contributed by atoms with E-state index in [4.69, 9.17) is 9.97 Å². The first-order chi connectivity index (χ1) is 14.3. The maximum Gasteiger partial charge on any atom is 0.239 e. The summed E-state index contributed by atoms with van der Waals surface area (Å²) in [5, 5.41) is 9.10. The van der Waals surface area contributed by atoms with Gasteiger partial charge in [-0.05, 0) is 24.1 Å². The maximum atomic E-state index is 12.1. The maximum absolute atomic E-state index is 12.1. The van der Waals surface area contributed by atoms with Crippen molar-refractivity contribution in [3.63, 3.8) is 0 Å². The number of anilines is 1. The molecule has 0 spiro atoms. The molecular formula is C22H21N5OS. The summed E-state index contributed by atoms with van der Waals surface area (Å²) in [4.78, 5) is 26.8. The van der Waals surface area contributed by atoms with Crippen molar-refractivity contribution in [2.24, 2.45) is 0 Å². The third kappa shape index (κ3) is 4.25. The quantitative estimate of drug-likeness (QED) is 0.479. The summed E-state index contributed by atoms with van der Waals surface area (Å²) >= 11 is 1.56. The molecule has 4 aromatic rings. The van der Waals surface area contributed by atoms with Crippen molar-refractivity contribution < 1.29 is 4.79 Å². The van der Waals surface area contributed by atoms with Crippen molar-refractivity contribution in [2.45, 2.75) is 13.3 Å². The van der Waals surface area contributed by atoms with E-state index < -0.39 is 0 Å². The summed E-state index contributed by atoms with van der Waals surface area (Å²) in [5.74, 6) is 1.12. The molecule has 29 heavy (non-hydrogen) atoms. The number of fused-ring (bicyclic) bond motifs is 1. The van der Waals surface area contributed by atoms with Crippen LogP contribution in [0.3, 0.4) is 0 Å². The average molecular weight is 404 g/mol. The smallest absolute Gasteiger partial charge is 0.239 e. The summed E-state index contributed by atoms with van der Waals surface area (Å²) in [5.41, 5.74) is 2.84. The predicted molar refractivity (Wildman–Crippen MR) is 118 cm³/mol. The normalized spacial score (nSPS) is 10.8. The Hall–Kier alpha value is -3.32. The number of benzene rings is 1. The van der Waals surface area contributed by atoms with Gasteiger partial charge in [0.05, 0.1) is 11.9 Å². The highest BCUT2D eigenvalue weighted by Crippen LogP contribution is 2.37. The second kappa shape index (κ2) is 8.79. The highest BCUT2D eigenvalue weighted by Gasteiger charge is 2.17. The highest BCUT2D eigenvalue weighted by atomic mass is 32.1. The Balaban J connectivity index is 1.77. The molecule has 146 valence electrons. The number of thiophene rings is 1. The fourth-order valence-electron chi connectivity index (χ4n) is 3.00. The van der Waals surface area contributed by atoms with Gasteiger partial charge in [-0.25, -0.2) is 9.97 Å². The second-order valence-corrected chi connectivity index (χ2v) is 7.37. The van der Waals surface area contributed by atoms with Crippen LogP contribution in [0.25, 0.3) is 32.9 Å². The number of hydrogen-bond acceptors (Lipinski definition) is 6. The minimum Gasteiger partial charge on any atom is -0.360 e. The number of nitrogens with one attached hydrogen (secondary N) is 2. The molecule has 1 amide bonds. The first-order valence-corrected chi connectivity index (χ1v) is 10.4. The third-order valence-corrected chi connectivity index (χ3v) is 5.27. The SMILES string of the molecule is CCCNC(=O)CNc1nc(-c2ccccn2)nc2scc(-c3ccccc3)c12. The van der Waals surface area contributed by atoms with Crippen LogP contribution in [-0.2, 0) is 4.79 Å². The van der Waals surface area contributed by atoms with Crippen LogP contribution in [0.4, 0.5) is 5.82 Å². The van der Waals surface area contributed by atoms with Crippen molar-refractivity contribution in [1.29, 1.82) is 0 Å². The molecular weight excluding hydrogens is 382 g/mol. The zero-order valence-electron chi connectivity index (χ0n) is 16.1. The van der Waals surface area contributed by atoms with Gasteiger partial charge in [0.2, 0.25) is 5.91 Å².